The van der Waals surface area contributed by atoms with Crippen molar-refractivity contribution in [3.05, 3.63) is 71.6 Å². The van der Waals surface area contributed by atoms with Gasteiger partial charge in [0.1, 0.15) is 11.6 Å². The van der Waals surface area contributed by atoms with Crippen LogP contribution in [0.2, 0.25) is 0 Å². The quantitative estimate of drug-likeness (QED) is 0.873. The van der Waals surface area contributed by atoms with Gasteiger partial charge in [-0.2, -0.15) is 0 Å². The van der Waals surface area contributed by atoms with E-state index in [0.717, 1.165) is 12.0 Å². The van der Waals surface area contributed by atoms with Crippen molar-refractivity contribution in [1.29, 1.82) is 0 Å². The smallest absolute Gasteiger partial charge is 0.317 e. The van der Waals surface area contributed by atoms with Crippen LogP contribution >= 0.6 is 0 Å². The Morgan fingerprint density at radius 3 is 2.62 bits per heavy atom. The molecule has 4 nitrogen and oxygen atoms in total. The highest BCUT2D eigenvalue weighted by atomic mass is 19.1. The molecule has 0 spiro atoms. The molecule has 0 fully saturated rings. The molecule has 2 aromatic carbocycles. The van der Waals surface area contributed by atoms with Crippen LogP contribution in [-0.4, -0.2) is 35.2 Å². The lowest BCUT2D eigenvalue weighted by Gasteiger charge is -2.28. The van der Waals surface area contributed by atoms with Crippen LogP contribution < -0.4 is 5.32 Å². The van der Waals surface area contributed by atoms with Crippen molar-refractivity contribution in [3.63, 3.8) is 0 Å². The zero-order valence-electron chi connectivity index (χ0n) is 14.8. The molecule has 0 saturated carbocycles. The molecule has 2 N–H and O–H groups in total. The van der Waals surface area contributed by atoms with Gasteiger partial charge in [0.05, 0.1) is 0 Å². The van der Waals surface area contributed by atoms with Gasteiger partial charge in [0.15, 0.2) is 0 Å². The van der Waals surface area contributed by atoms with E-state index in [1.807, 2.05) is 25.1 Å². The first kappa shape index (κ1) is 18.0. The van der Waals surface area contributed by atoms with E-state index in [9.17, 15) is 14.3 Å². The van der Waals surface area contributed by atoms with E-state index in [1.54, 1.807) is 35.2 Å². The fraction of sp³-hybridized carbons (Fsp3) is 0.286. The van der Waals surface area contributed by atoms with Gasteiger partial charge in [-0.25, -0.2) is 9.18 Å². The number of carbonyl (C=O) groups excluding carboxylic acids is 1. The maximum Gasteiger partial charge on any atom is 0.317 e. The second-order valence-electron chi connectivity index (χ2n) is 6.62. The summed E-state index contributed by atoms with van der Waals surface area (Å²) < 4.78 is 13.7. The molecule has 136 valence electrons. The van der Waals surface area contributed by atoms with E-state index < -0.39 is 0 Å². The van der Waals surface area contributed by atoms with E-state index in [2.05, 4.69) is 5.32 Å². The molecule has 2 amide bonds. The lowest BCUT2D eigenvalue weighted by Crippen LogP contribution is -2.46. The lowest BCUT2D eigenvalue weighted by atomic mass is 9.99. The minimum Gasteiger partial charge on any atom is -0.508 e. The fourth-order valence-corrected chi connectivity index (χ4v) is 3.14. The highest BCUT2D eigenvalue weighted by molar-refractivity contribution is 5.77. The molecule has 0 aliphatic carbocycles. The first-order valence-corrected chi connectivity index (χ1v) is 8.80. The van der Waals surface area contributed by atoms with Crippen LogP contribution in [0.1, 0.15) is 24.5 Å². The summed E-state index contributed by atoms with van der Waals surface area (Å²) in [7, 11) is 0. The van der Waals surface area contributed by atoms with Gasteiger partial charge in [-0.1, -0.05) is 36.4 Å². The summed E-state index contributed by atoms with van der Waals surface area (Å²) in [4.78, 5) is 14.2. The van der Waals surface area contributed by atoms with Crippen LogP contribution in [0.25, 0.3) is 5.57 Å². The number of aromatic hydroxyl groups is 1. The molecule has 5 heteroatoms. The van der Waals surface area contributed by atoms with Gasteiger partial charge in [-0.05, 0) is 54.7 Å². The van der Waals surface area contributed by atoms with Gasteiger partial charge in [0.2, 0.25) is 0 Å². The third-order valence-corrected chi connectivity index (χ3v) is 4.59. The van der Waals surface area contributed by atoms with E-state index in [4.69, 9.17) is 0 Å². The average Bonchev–Trinajstić information content (AvgIpc) is 2.64. The number of carbonyl (C=O) groups is 1. The Labute approximate surface area is 153 Å². The molecular formula is C21H23FN2O2. The van der Waals surface area contributed by atoms with Gasteiger partial charge in [-0.15, -0.1) is 0 Å². The minimum atomic E-state index is -0.243. The Bertz CT molecular complexity index is 802. The number of nitrogens with one attached hydrogen (secondary N) is 1. The van der Waals surface area contributed by atoms with Crippen molar-refractivity contribution in [2.24, 2.45) is 0 Å². The SMILES string of the molecule is CC(Cc1ccccc1F)NC(=O)N1CC=C(c2ccc(O)cc2)CC1. The van der Waals surface area contributed by atoms with Gasteiger partial charge in [0.25, 0.3) is 0 Å². The standard InChI is InChI=1S/C21H23FN2O2/c1-15(14-18-4-2-3-5-20(18)22)23-21(26)24-12-10-17(11-13-24)16-6-8-19(25)9-7-16/h2-10,15,25H,11-14H2,1H3,(H,23,26). The number of phenols is 1. The summed E-state index contributed by atoms with van der Waals surface area (Å²) in [5, 5.41) is 12.3. The van der Waals surface area contributed by atoms with Crippen LogP contribution in [0.15, 0.2) is 54.6 Å². The zero-order valence-corrected chi connectivity index (χ0v) is 14.8. The molecule has 2 aromatic rings. The lowest BCUT2D eigenvalue weighted by molar-refractivity contribution is 0.199. The van der Waals surface area contributed by atoms with Crippen molar-refractivity contribution in [2.75, 3.05) is 13.1 Å². The maximum absolute atomic E-state index is 13.7. The number of halogens is 1. The second kappa shape index (κ2) is 8.04. The molecule has 1 atom stereocenters. The first-order chi connectivity index (χ1) is 12.5. The van der Waals surface area contributed by atoms with E-state index in [1.165, 1.54) is 11.6 Å². The Balaban J connectivity index is 1.54. The van der Waals surface area contributed by atoms with Crippen LogP contribution in [0.4, 0.5) is 9.18 Å². The summed E-state index contributed by atoms with van der Waals surface area (Å²) >= 11 is 0. The summed E-state index contributed by atoms with van der Waals surface area (Å²) in [6, 6.07) is 13.5. The maximum atomic E-state index is 13.7. The molecule has 1 aliphatic rings. The summed E-state index contributed by atoms with van der Waals surface area (Å²) in [6.07, 6.45) is 3.26. The van der Waals surface area contributed by atoms with E-state index in [-0.39, 0.29) is 23.6 Å². The fourth-order valence-electron chi connectivity index (χ4n) is 3.14. The van der Waals surface area contributed by atoms with Crippen LogP contribution in [0.3, 0.4) is 0 Å². The van der Waals surface area contributed by atoms with Crippen molar-refractivity contribution in [2.45, 2.75) is 25.8 Å². The molecular weight excluding hydrogens is 331 g/mol. The second-order valence-corrected chi connectivity index (χ2v) is 6.62. The highest BCUT2D eigenvalue weighted by Crippen LogP contribution is 2.24. The number of urea groups is 1. The predicted molar refractivity (Wildman–Crippen MR) is 100 cm³/mol. The molecule has 0 radical (unpaired) electrons. The van der Waals surface area contributed by atoms with Gasteiger partial charge < -0.3 is 15.3 Å². The molecule has 0 saturated heterocycles. The van der Waals surface area contributed by atoms with Gasteiger partial charge in [-0.3, -0.25) is 0 Å². The Morgan fingerprint density at radius 2 is 1.96 bits per heavy atom. The van der Waals surface area contributed by atoms with Crippen molar-refractivity contribution in [3.8, 4) is 5.75 Å². The highest BCUT2D eigenvalue weighted by Gasteiger charge is 2.19. The monoisotopic (exact) mass is 354 g/mol. The molecule has 0 aromatic heterocycles. The van der Waals surface area contributed by atoms with Crippen molar-refractivity contribution in [1.82, 2.24) is 10.2 Å². The summed E-state index contributed by atoms with van der Waals surface area (Å²) in [5.41, 5.74) is 2.85. The van der Waals surface area contributed by atoms with Crippen LogP contribution in [0, 0.1) is 5.82 Å². The molecule has 3 rings (SSSR count). The topological polar surface area (TPSA) is 52.6 Å². The number of hydrogen-bond donors (Lipinski definition) is 2. The molecule has 1 heterocycles. The predicted octanol–water partition coefficient (Wildman–Crippen LogP) is 3.96. The number of benzene rings is 2. The van der Waals surface area contributed by atoms with E-state index in [0.29, 0.717) is 25.1 Å². The van der Waals surface area contributed by atoms with Crippen LogP contribution in [-0.2, 0) is 6.42 Å². The molecule has 1 aliphatic heterocycles. The number of phenolic OH excluding ortho intramolecular Hbond substituents is 1. The number of hydrogen-bond acceptors (Lipinski definition) is 2. The molecule has 26 heavy (non-hydrogen) atoms. The average molecular weight is 354 g/mol. The van der Waals surface area contributed by atoms with Gasteiger partial charge >= 0.3 is 6.03 Å². The molecule has 1 unspecified atom stereocenters. The minimum absolute atomic E-state index is 0.130. The third-order valence-electron chi connectivity index (χ3n) is 4.59. The first-order valence-electron chi connectivity index (χ1n) is 8.80. The summed E-state index contributed by atoms with van der Waals surface area (Å²) in [5.74, 6) is 0.00282. The zero-order chi connectivity index (χ0) is 18.5. The normalized spacial score (nSPS) is 15.3. The van der Waals surface area contributed by atoms with Gasteiger partial charge in [0, 0.05) is 19.1 Å². The number of rotatable bonds is 4. The summed E-state index contributed by atoms with van der Waals surface area (Å²) in [6.45, 7) is 3.05. The third kappa shape index (κ3) is 4.42. The van der Waals surface area contributed by atoms with E-state index >= 15 is 0 Å². The van der Waals surface area contributed by atoms with Crippen LogP contribution in [0.5, 0.6) is 5.75 Å². The Hall–Kier alpha value is -2.82. The van der Waals surface area contributed by atoms with Crippen molar-refractivity contribution < 1.29 is 14.3 Å². The number of amides is 2. The Kier molecular flexibility index (Phi) is 5.56. The number of nitrogens with zero attached hydrogens (tertiary/aromatic N) is 1. The van der Waals surface area contributed by atoms with Crippen molar-refractivity contribution >= 4 is 11.6 Å². The largest absolute Gasteiger partial charge is 0.508 e. The Morgan fingerprint density at radius 1 is 1.23 bits per heavy atom. The molecule has 0 bridgehead atoms.